The predicted octanol–water partition coefficient (Wildman–Crippen LogP) is 2.93. The van der Waals surface area contributed by atoms with Gasteiger partial charge in [-0.2, -0.15) is 4.31 Å². The first kappa shape index (κ1) is 24.0. The third kappa shape index (κ3) is 5.18. The van der Waals surface area contributed by atoms with E-state index in [1.54, 1.807) is 32.0 Å². The molecule has 34 heavy (non-hydrogen) atoms. The molecule has 1 saturated heterocycles. The Balaban J connectivity index is 1.37. The van der Waals surface area contributed by atoms with Crippen molar-refractivity contribution in [2.75, 3.05) is 26.5 Å². The molecule has 0 radical (unpaired) electrons. The van der Waals surface area contributed by atoms with E-state index in [1.807, 2.05) is 6.07 Å². The fourth-order valence-corrected chi connectivity index (χ4v) is 5.78. The number of nitrogens with zero attached hydrogens (tertiary/aromatic N) is 1. The second-order valence-electron chi connectivity index (χ2n) is 8.42. The fourth-order valence-electron chi connectivity index (χ4n) is 4.01. The Labute approximate surface area is 199 Å². The smallest absolute Gasteiger partial charge is 0.338 e. The maximum absolute atomic E-state index is 13.1. The summed E-state index contributed by atoms with van der Waals surface area (Å²) in [6, 6.07) is 9.44. The summed E-state index contributed by atoms with van der Waals surface area (Å²) in [5.41, 5.74) is 1.45. The van der Waals surface area contributed by atoms with Gasteiger partial charge in [0.15, 0.2) is 18.1 Å². The van der Waals surface area contributed by atoms with E-state index in [1.165, 1.54) is 16.4 Å². The SMILES string of the molecule is Cc1ccc(C(=O)OCC(=O)NC(C)c2ccc3c(c2)OCO3)cc1S(=O)(=O)N1CCCCC1. The molecule has 10 heteroatoms. The van der Waals surface area contributed by atoms with Crippen LogP contribution in [0.25, 0.3) is 0 Å². The number of benzene rings is 2. The standard InChI is InChI=1S/C24H28N2O7S/c1-16-6-7-19(13-22(16)34(29,30)26-10-4-3-5-11-26)24(28)31-14-23(27)25-17(2)18-8-9-20-21(12-18)33-15-32-20/h6-9,12-13,17H,3-5,10-11,14-15H2,1-2H3,(H,25,27). The average Bonchev–Trinajstić information content (AvgIpc) is 3.31. The van der Waals surface area contributed by atoms with Gasteiger partial charge < -0.3 is 19.5 Å². The molecule has 2 aliphatic rings. The lowest BCUT2D eigenvalue weighted by Crippen LogP contribution is -2.36. The van der Waals surface area contributed by atoms with E-state index in [4.69, 9.17) is 14.2 Å². The zero-order chi connectivity index (χ0) is 24.3. The van der Waals surface area contributed by atoms with Gasteiger partial charge in [-0.15, -0.1) is 0 Å². The van der Waals surface area contributed by atoms with Gasteiger partial charge >= 0.3 is 5.97 Å². The summed E-state index contributed by atoms with van der Waals surface area (Å²) in [7, 11) is -3.70. The maximum Gasteiger partial charge on any atom is 0.338 e. The van der Waals surface area contributed by atoms with Gasteiger partial charge in [0, 0.05) is 13.1 Å². The molecule has 0 bridgehead atoms. The number of fused-ring (bicyclic) bond motifs is 1. The number of carbonyl (C=O) groups excluding carboxylic acids is 2. The number of amides is 1. The second-order valence-corrected chi connectivity index (χ2v) is 10.3. The van der Waals surface area contributed by atoms with Gasteiger partial charge in [0.25, 0.3) is 5.91 Å². The van der Waals surface area contributed by atoms with E-state index >= 15 is 0 Å². The first-order chi connectivity index (χ1) is 16.3. The minimum absolute atomic E-state index is 0.0813. The van der Waals surface area contributed by atoms with Crippen LogP contribution in [0.2, 0.25) is 0 Å². The minimum atomic E-state index is -3.70. The summed E-state index contributed by atoms with van der Waals surface area (Å²) < 4.78 is 43.4. The van der Waals surface area contributed by atoms with Gasteiger partial charge in [-0.1, -0.05) is 18.6 Å². The van der Waals surface area contributed by atoms with Gasteiger partial charge in [0.1, 0.15) is 0 Å². The van der Waals surface area contributed by atoms with E-state index in [9.17, 15) is 18.0 Å². The molecule has 1 atom stereocenters. The number of carbonyl (C=O) groups is 2. The van der Waals surface area contributed by atoms with Crippen LogP contribution < -0.4 is 14.8 Å². The lowest BCUT2D eigenvalue weighted by molar-refractivity contribution is -0.124. The van der Waals surface area contributed by atoms with Crippen molar-refractivity contribution >= 4 is 21.9 Å². The number of sulfonamides is 1. The molecule has 2 heterocycles. The molecule has 4 rings (SSSR count). The Bertz CT molecular complexity index is 1190. The van der Waals surface area contributed by atoms with Crippen molar-refractivity contribution in [3.8, 4) is 11.5 Å². The van der Waals surface area contributed by atoms with Crippen molar-refractivity contribution < 1.29 is 32.2 Å². The highest BCUT2D eigenvalue weighted by atomic mass is 32.2. The molecule has 0 spiro atoms. The van der Waals surface area contributed by atoms with Crippen molar-refractivity contribution in [2.45, 2.75) is 44.0 Å². The summed E-state index contributed by atoms with van der Waals surface area (Å²) >= 11 is 0. The molecule has 2 aliphatic heterocycles. The van der Waals surface area contributed by atoms with Crippen molar-refractivity contribution in [2.24, 2.45) is 0 Å². The quantitative estimate of drug-likeness (QED) is 0.597. The molecule has 2 aromatic carbocycles. The van der Waals surface area contributed by atoms with Gasteiger partial charge in [-0.25, -0.2) is 13.2 Å². The normalized spacial score (nSPS) is 16.6. The van der Waals surface area contributed by atoms with Crippen LogP contribution in [0.5, 0.6) is 11.5 Å². The molecule has 9 nitrogen and oxygen atoms in total. The third-order valence-electron chi connectivity index (χ3n) is 5.97. The Morgan fingerprint density at radius 1 is 1.06 bits per heavy atom. The minimum Gasteiger partial charge on any atom is -0.454 e. The number of hydrogen-bond donors (Lipinski definition) is 1. The monoisotopic (exact) mass is 488 g/mol. The molecule has 0 saturated carbocycles. The Hall–Kier alpha value is -3.11. The van der Waals surface area contributed by atoms with Gasteiger partial charge in [0.05, 0.1) is 16.5 Å². The van der Waals surface area contributed by atoms with E-state index < -0.39 is 28.5 Å². The molecule has 1 N–H and O–H groups in total. The van der Waals surface area contributed by atoms with Gasteiger partial charge in [0.2, 0.25) is 16.8 Å². The van der Waals surface area contributed by atoms with E-state index in [0.717, 1.165) is 24.8 Å². The summed E-state index contributed by atoms with van der Waals surface area (Å²) in [5.74, 6) is 0.0171. The van der Waals surface area contributed by atoms with Gasteiger partial charge in [-0.05, 0) is 62.1 Å². The first-order valence-corrected chi connectivity index (χ1v) is 12.7. The Morgan fingerprint density at radius 2 is 1.79 bits per heavy atom. The first-order valence-electron chi connectivity index (χ1n) is 11.2. The summed E-state index contributed by atoms with van der Waals surface area (Å²) in [6.45, 7) is 4.10. The van der Waals surface area contributed by atoms with Crippen LogP contribution in [0.3, 0.4) is 0 Å². The molecular formula is C24H28N2O7S. The number of rotatable bonds is 7. The molecule has 1 amide bonds. The molecule has 1 fully saturated rings. The third-order valence-corrected chi connectivity index (χ3v) is 8.01. The number of esters is 1. The zero-order valence-corrected chi connectivity index (χ0v) is 20.0. The van der Waals surface area contributed by atoms with Crippen molar-refractivity contribution in [3.05, 3.63) is 53.1 Å². The van der Waals surface area contributed by atoms with Crippen molar-refractivity contribution in [1.82, 2.24) is 9.62 Å². The van der Waals surface area contributed by atoms with E-state index in [-0.39, 0.29) is 23.3 Å². The molecule has 2 aromatic rings. The van der Waals surface area contributed by atoms with E-state index in [2.05, 4.69) is 5.32 Å². The number of hydrogen-bond acceptors (Lipinski definition) is 7. The lowest BCUT2D eigenvalue weighted by Gasteiger charge is -2.26. The van der Waals surface area contributed by atoms with Crippen LogP contribution in [-0.4, -0.2) is 51.1 Å². The van der Waals surface area contributed by atoms with Gasteiger partial charge in [-0.3, -0.25) is 4.79 Å². The maximum atomic E-state index is 13.1. The Morgan fingerprint density at radius 3 is 2.56 bits per heavy atom. The van der Waals surface area contributed by atoms with Crippen LogP contribution in [0.1, 0.15) is 53.7 Å². The average molecular weight is 489 g/mol. The number of ether oxygens (including phenoxy) is 3. The second kappa shape index (κ2) is 10.0. The highest BCUT2D eigenvalue weighted by Crippen LogP contribution is 2.34. The molecule has 0 aromatic heterocycles. The lowest BCUT2D eigenvalue weighted by atomic mass is 10.1. The Kier molecular flexibility index (Phi) is 7.08. The molecule has 1 unspecified atom stereocenters. The van der Waals surface area contributed by atoms with Crippen LogP contribution in [-0.2, 0) is 19.6 Å². The highest BCUT2D eigenvalue weighted by molar-refractivity contribution is 7.89. The van der Waals surface area contributed by atoms with Crippen LogP contribution in [0.4, 0.5) is 0 Å². The number of piperidine rings is 1. The van der Waals surface area contributed by atoms with Crippen LogP contribution in [0.15, 0.2) is 41.3 Å². The number of aryl methyl sites for hydroxylation is 1. The zero-order valence-electron chi connectivity index (χ0n) is 19.2. The summed E-state index contributed by atoms with van der Waals surface area (Å²) in [6.07, 6.45) is 2.65. The highest BCUT2D eigenvalue weighted by Gasteiger charge is 2.28. The van der Waals surface area contributed by atoms with E-state index in [0.29, 0.717) is 30.2 Å². The van der Waals surface area contributed by atoms with Crippen LogP contribution in [0, 0.1) is 6.92 Å². The molecule has 0 aliphatic carbocycles. The topological polar surface area (TPSA) is 111 Å². The molecule has 182 valence electrons. The largest absolute Gasteiger partial charge is 0.454 e. The summed E-state index contributed by atoms with van der Waals surface area (Å²) in [5, 5.41) is 2.77. The fraction of sp³-hybridized carbons (Fsp3) is 0.417. The summed E-state index contributed by atoms with van der Waals surface area (Å²) in [4.78, 5) is 25.0. The van der Waals surface area contributed by atoms with Crippen LogP contribution >= 0.6 is 0 Å². The van der Waals surface area contributed by atoms with Crippen molar-refractivity contribution in [1.29, 1.82) is 0 Å². The van der Waals surface area contributed by atoms with Crippen molar-refractivity contribution in [3.63, 3.8) is 0 Å². The number of nitrogens with one attached hydrogen (secondary N) is 1. The molecular weight excluding hydrogens is 460 g/mol. The predicted molar refractivity (Wildman–Crippen MR) is 123 cm³/mol.